The summed E-state index contributed by atoms with van der Waals surface area (Å²) in [7, 11) is 0. The summed E-state index contributed by atoms with van der Waals surface area (Å²) in [5.74, 6) is 0. The second-order valence-electron chi connectivity index (χ2n) is 1.72. The number of nitrogens with zero attached hydrogens (tertiary/aromatic N) is 2. The lowest BCUT2D eigenvalue weighted by atomic mass is 10.1. The first-order valence-electron chi connectivity index (χ1n) is 4.57. The molecule has 0 bridgehead atoms. The average Bonchev–Trinajstić information content (AvgIpc) is 1.79. The van der Waals surface area contributed by atoms with E-state index in [0.717, 1.165) is 0 Å². The van der Waals surface area contributed by atoms with Crippen molar-refractivity contribution in [3.63, 3.8) is 0 Å². The number of halogens is 1. The van der Waals surface area contributed by atoms with Crippen LogP contribution >= 0.6 is 0 Å². The summed E-state index contributed by atoms with van der Waals surface area (Å²) in [6.07, 6.45) is -2.64. The molecule has 0 saturated carbocycles. The molecule has 1 aliphatic rings. The highest BCUT2D eigenvalue weighted by atomic mass is 19.1. The van der Waals surface area contributed by atoms with Gasteiger partial charge in [-0.25, -0.2) is 4.39 Å². The fourth-order valence-electron chi connectivity index (χ4n) is 0.557. The van der Waals surface area contributed by atoms with Gasteiger partial charge in [-0.2, -0.15) is 0 Å². The van der Waals surface area contributed by atoms with Gasteiger partial charge in [-0.15, -0.1) is 4.91 Å². The highest BCUT2D eigenvalue weighted by Gasteiger charge is 2.16. The first-order valence-corrected chi connectivity index (χ1v) is 2.57. The third-order valence-corrected chi connectivity index (χ3v) is 1.01. The molecule has 0 amide bonds. The molecule has 0 aromatic rings. The van der Waals surface area contributed by atoms with Crippen LogP contribution in [0, 0.1) is 4.91 Å². The zero-order chi connectivity index (χ0) is 10.3. The minimum Gasteiger partial charge on any atom is -0.261 e. The number of hydrogen-bond donors (Lipinski definition) is 0. The van der Waals surface area contributed by atoms with Gasteiger partial charge in [0.2, 0.25) is 0 Å². The van der Waals surface area contributed by atoms with Crippen LogP contribution in [-0.2, 0) is 0 Å². The average molecular weight is 136 g/mol. The normalized spacial score (nSPS) is 39.9. The maximum Gasteiger partial charge on any atom is 0.104 e. The molecule has 0 aromatic heterocycles. The highest BCUT2D eigenvalue weighted by molar-refractivity contribution is 4.67. The van der Waals surface area contributed by atoms with E-state index < -0.39 is 32.0 Å². The fraction of sp³-hybridized carbons (Fsp3) is 1.00. The van der Waals surface area contributed by atoms with Crippen LogP contribution in [0.15, 0.2) is 5.29 Å². The summed E-state index contributed by atoms with van der Waals surface area (Å²) in [6.45, 7) is -4.69. The van der Waals surface area contributed by atoms with Crippen LogP contribution in [-0.4, -0.2) is 24.2 Å². The van der Waals surface area contributed by atoms with Crippen LogP contribution in [0.3, 0.4) is 0 Å². The molecule has 1 fully saturated rings. The Balaban J connectivity index is 2.94. The van der Waals surface area contributed by atoms with Gasteiger partial charge < -0.3 is 0 Å². The first kappa shape index (κ1) is 2.94. The molecule has 0 spiro atoms. The number of alkyl halides is 1. The third-order valence-electron chi connectivity index (χ3n) is 1.01. The van der Waals surface area contributed by atoms with Crippen molar-refractivity contribution in [2.45, 2.75) is 19.0 Å². The molecule has 0 aromatic carbocycles. The molecule has 1 heterocycles. The van der Waals surface area contributed by atoms with Crippen molar-refractivity contribution in [3.05, 3.63) is 4.91 Å². The SMILES string of the molecule is [2H]C1([2H])CC(F)CC([2H])([2H])N1N=O. The first-order chi connectivity index (χ1) is 5.79. The standard InChI is InChI=1S/C5H9FN2O/c6-5-1-3-8(7-9)4-2-5/h5H,1-4H2/i3D2,4D2. The van der Waals surface area contributed by atoms with E-state index in [1.807, 2.05) is 0 Å². The van der Waals surface area contributed by atoms with Gasteiger partial charge in [0.25, 0.3) is 0 Å². The van der Waals surface area contributed by atoms with Gasteiger partial charge in [0.1, 0.15) is 6.17 Å². The van der Waals surface area contributed by atoms with Crippen molar-refractivity contribution in [2.24, 2.45) is 5.29 Å². The lowest BCUT2D eigenvalue weighted by Gasteiger charge is -2.22. The summed E-state index contributed by atoms with van der Waals surface area (Å²) in [5, 5.41) is 2.40. The van der Waals surface area contributed by atoms with Crippen molar-refractivity contribution < 1.29 is 9.87 Å². The summed E-state index contributed by atoms with van der Waals surface area (Å²) in [4.78, 5) is 10.2. The van der Waals surface area contributed by atoms with E-state index in [1.54, 1.807) is 0 Å². The zero-order valence-electron chi connectivity index (χ0n) is 8.67. The van der Waals surface area contributed by atoms with Crippen LogP contribution in [0.5, 0.6) is 0 Å². The van der Waals surface area contributed by atoms with E-state index in [9.17, 15) is 9.30 Å². The topological polar surface area (TPSA) is 32.7 Å². The predicted molar refractivity (Wildman–Crippen MR) is 31.5 cm³/mol. The van der Waals surface area contributed by atoms with Crippen molar-refractivity contribution in [1.29, 1.82) is 0 Å². The Morgan fingerprint density at radius 2 is 2.22 bits per heavy atom. The number of piperidine rings is 1. The summed E-state index contributed by atoms with van der Waals surface area (Å²) < 4.78 is 41.6. The Labute approximate surface area is 58.4 Å². The monoisotopic (exact) mass is 136 g/mol. The molecular formula is C5H9FN2O. The second-order valence-corrected chi connectivity index (χ2v) is 1.72. The number of rotatable bonds is 1. The predicted octanol–water partition coefficient (Wildman–Crippen LogP) is 1.10. The van der Waals surface area contributed by atoms with Gasteiger partial charge in [0, 0.05) is 13.0 Å². The van der Waals surface area contributed by atoms with Gasteiger partial charge in [-0.3, -0.25) is 5.01 Å². The number of hydrogen-bond acceptors (Lipinski definition) is 2. The van der Waals surface area contributed by atoms with Crippen molar-refractivity contribution in [3.8, 4) is 0 Å². The zero-order valence-corrected chi connectivity index (χ0v) is 4.67. The Kier molecular flexibility index (Phi) is 0.900. The van der Waals surface area contributed by atoms with Crippen LogP contribution in [0.2, 0.25) is 0 Å². The third kappa shape index (κ3) is 1.62. The largest absolute Gasteiger partial charge is 0.261 e. The molecule has 0 unspecified atom stereocenters. The van der Waals surface area contributed by atoms with Crippen LogP contribution in [0.1, 0.15) is 18.3 Å². The lowest BCUT2D eigenvalue weighted by molar-refractivity contribution is 0.153. The Morgan fingerprint density at radius 1 is 1.67 bits per heavy atom. The van der Waals surface area contributed by atoms with E-state index in [2.05, 4.69) is 5.29 Å². The molecule has 3 nitrogen and oxygen atoms in total. The van der Waals surface area contributed by atoms with E-state index in [0.29, 0.717) is 0 Å². The molecule has 1 rings (SSSR count). The lowest BCUT2D eigenvalue weighted by Crippen LogP contribution is -2.29. The molecule has 1 saturated heterocycles. The van der Waals surface area contributed by atoms with Crippen molar-refractivity contribution in [1.82, 2.24) is 5.01 Å². The van der Waals surface area contributed by atoms with Crippen LogP contribution < -0.4 is 0 Å². The van der Waals surface area contributed by atoms with E-state index >= 15 is 0 Å². The Hall–Kier alpha value is -0.670. The van der Waals surface area contributed by atoms with Crippen molar-refractivity contribution in [2.75, 3.05) is 13.0 Å². The molecule has 0 atom stereocenters. The quantitative estimate of drug-likeness (QED) is 0.506. The molecule has 4 heteroatoms. The van der Waals surface area contributed by atoms with E-state index in [4.69, 9.17) is 5.48 Å². The second kappa shape index (κ2) is 2.75. The van der Waals surface area contributed by atoms with Crippen LogP contribution in [0.4, 0.5) is 4.39 Å². The smallest absolute Gasteiger partial charge is 0.104 e. The Bertz CT molecular complexity index is 207. The minimum absolute atomic E-state index is 0.149. The minimum atomic E-state index is -2.34. The van der Waals surface area contributed by atoms with Crippen molar-refractivity contribution >= 4 is 0 Å². The fourth-order valence-corrected chi connectivity index (χ4v) is 0.557. The van der Waals surface area contributed by atoms with E-state index in [-0.39, 0.29) is 5.01 Å². The summed E-state index contributed by atoms with van der Waals surface area (Å²) in [5.41, 5.74) is 0. The molecule has 0 radical (unpaired) electrons. The molecule has 0 aliphatic carbocycles. The van der Waals surface area contributed by atoms with Gasteiger partial charge in [-0.05, 0) is 12.8 Å². The molecule has 1 aliphatic heterocycles. The maximum atomic E-state index is 12.8. The summed E-state index contributed by atoms with van der Waals surface area (Å²) >= 11 is 0. The van der Waals surface area contributed by atoms with Gasteiger partial charge >= 0.3 is 0 Å². The van der Waals surface area contributed by atoms with Crippen LogP contribution in [0.25, 0.3) is 0 Å². The maximum absolute atomic E-state index is 12.8. The molecule has 9 heavy (non-hydrogen) atoms. The molecule has 0 N–H and O–H groups in total. The molecule has 52 valence electrons. The van der Waals surface area contributed by atoms with Gasteiger partial charge in [-0.1, -0.05) is 0 Å². The summed E-state index contributed by atoms with van der Waals surface area (Å²) in [6, 6.07) is 0. The highest BCUT2D eigenvalue weighted by Crippen LogP contribution is 2.12. The van der Waals surface area contributed by atoms with Gasteiger partial charge in [0.15, 0.2) is 0 Å². The number of nitroso groups, excluding NO2 is 1. The van der Waals surface area contributed by atoms with E-state index in [1.165, 1.54) is 0 Å². The van der Waals surface area contributed by atoms with Gasteiger partial charge in [0.05, 0.1) is 10.8 Å². The Morgan fingerprint density at radius 3 is 2.67 bits per heavy atom. The molecular weight excluding hydrogens is 123 g/mol.